The molecule has 5 heteroatoms. The van der Waals surface area contributed by atoms with Crippen molar-refractivity contribution in [2.75, 3.05) is 11.4 Å². The molecule has 152 valence electrons. The molecule has 0 heterocycles. The van der Waals surface area contributed by atoms with Crippen LogP contribution in [0.25, 0.3) is 0 Å². The molecule has 2 aromatic rings. The molecule has 1 aliphatic carbocycles. The summed E-state index contributed by atoms with van der Waals surface area (Å²) in [6, 6.07) is 13.8. The number of amides is 2. The fourth-order valence-electron chi connectivity index (χ4n) is 3.74. The molecule has 2 aromatic carbocycles. The number of rotatable bonds is 8. The van der Waals surface area contributed by atoms with E-state index in [1.165, 1.54) is 12.1 Å². The molecule has 4 nitrogen and oxygen atoms in total. The lowest BCUT2D eigenvalue weighted by Gasteiger charge is -2.26. The van der Waals surface area contributed by atoms with Crippen LogP contribution in [-0.2, 0) is 22.6 Å². The Balaban J connectivity index is 1.78. The number of hydrogen-bond acceptors (Lipinski definition) is 2. The average molecular weight is 394 g/mol. The predicted octanol–water partition coefficient (Wildman–Crippen LogP) is 4.39. The van der Waals surface area contributed by atoms with E-state index in [0.717, 1.165) is 42.5 Å². The van der Waals surface area contributed by atoms with E-state index in [4.69, 9.17) is 0 Å². The van der Waals surface area contributed by atoms with Crippen LogP contribution in [0.3, 0.4) is 0 Å². The summed E-state index contributed by atoms with van der Waals surface area (Å²) in [7, 11) is 0. The number of carbonyl (C=O) groups excluding carboxylic acids is 2. The van der Waals surface area contributed by atoms with Gasteiger partial charge >= 0.3 is 0 Å². The number of halogens is 1. The minimum absolute atomic E-state index is 0.0212. The van der Waals surface area contributed by atoms with E-state index >= 15 is 0 Å². The topological polar surface area (TPSA) is 49.4 Å². The van der Waals surface area contributed by atoms with Gasteiger partial charge in [0.2, 0.25) is 11.8 Å². The van der Waals surface area contributed by atoms with Crippen molar-refractivity contribution in [3.63, 3.8) is 0 Å². The van der Waals surface area contributed by atoms with Crippen LogP contribution < -0.4 is 10.2 Å². The van der Waals surface area contributed by atoms with Gasteiger partial charge < -0.3 is 10.2 Å². The number of nitrogens with zero attached hydrogens (tertiary/aromatic N) is 1. The first-order chi connectivity index (χ1) is 14.1. The van der Waals surface area contributed by atoms with E-state index in [1.54, 1.807) is 17.0 Å². The van der Waals surface area contributed by atoms with Gasteiger partial charge in [0.1, 0.15) is 5.82 Å². The summed E-state index contributed by atoms with van der Waals surface area (Å²) in [5, 5.41) is 2.75. The second-order valence-corrected chi connectivity index (χ2v) is 7.47. The minimum Gasteiger partial charge on any atom is -0.352 e. The standard InChI is InChI=1S/C24H27FN2O2/c1-2-14-26-23(28)16-18-10-12-22(13-11-18)27(24(29)20-7-3-4-8-20)17-19-6-5-9-21(25)15-19/h2,5-6,9-13,15,20H,1,3-4,7-8,14,16-17H2,(H,26,28). The highest BCUT2D eigenvalue weighted by molar-refractivity contribution is 5.95. The molecule has 0 unspecified atom stereocenters. The zero-order valence-corrected chi connectivity index (χ0v) is 16.6. The van der Waals surface area contributed by atoms with Crippen molar-refractivity contribution in [3.8, 4) is 0 Å². The number of anilines is 1. The molecule has 2 amide bonds. The smallest absolute Gasteiger partial charge is 0.230 e. The first-order valence-corrected chi connectivity index (χ1v) is 10.1. The van der Waals surface area contributed by atoms with Crippen molar-refractivity contribution in [2.45, 2.75) is 38.6 Å². The molecule has 0 aromatic heterocycles. The SMILES string of the molecule is C=CCNC(=O)Cc1ccc(N(Cc2cccc(F)c2)C(=O)C2CCCC2)cc1. The average Bonchev–Trinajstić information content (AvgIpc) is 3.26. The third-order valence-corrected chi connectivity index (χ3v) is 5.26. The van der Waals surface area contributed by atoms with Crippen molar-refractivity contribution in [1.29, 1.82) is 0 Å². The fourth-order valence-corrected chi connectivity index (χ4v) is 3.74. The maximum Gasteiger partial charge on any atom is 0.230 e. The maximum absolute atomic E-state index is 13.6. The lowest BCUT2D eigenvalue weighted by Crippen LogP contribution is -2.35. The number of benzene rings is 2. The lowest BCUT2D eigenvalue weighted by atomic mass is 10.0. The Bertz CT molecular complexity index is 857. The molecule has 0 radical (unpaired) electrons. The van der Waals surface area contributed by atoms with Crippen LogP contribution in [0.5, 0.6) is 0 Å². The lowest BCUT2D eigenvalue weighted by molar-refractivity contribution is -0.122. The summed E-state index contributed by atoms with van der Waals surface area (Å²) in [6.45, 7) is 4.35. The normalized spacial score (nSPS) is 13.8. The van der Waals surface area contributed by atoms with Gasteiger partial charge in [-0.25, -0.2) is 4.39 Å². The van der Waals surface area contributed by atoms with Crippen LogP contribution in [0.4, 0.5) is 10.1 Å². The largest absolute Gasteiger partial charge is 0.352 e. The van der Waals surface area contributed by atoms with E-state index in [2.05, 4.69) is 11.9 Å². The fraction of sp³-hybridized carbons (Fsp3) is 0.333. The molecule has 3 rings (SSSR count). The van der Waals surface area contributed by atoms with Gasteiger partial charge in [-0.15, -0.1) is 6.58 Å². The van der Waals surface area contributed by atoms with Crippen LogP contribution >= 0.6 is 0 Å². The Kier molecular flexibility index (Phi) is 7.17. The second kappa shape index (κ2) is 10.0. The molecular formula is C24H27FN2O2. The Morgan fingerprint density at radius 2 is 1.83 bits per heavy atom. The van der Waals surface area contributed by atoms with Gasteiger partial charge in [0.25, 0.3) is 0 Å². The zero-order valence-electron chi connectivity index (χ0n) is 16.6. The first-order valence-electron chi connectivity index (χ1n) is 10.1. The maximum atomic E-state index is 13.6. The highest BCUT2D eigenvalue weighted by atomic mass is 19.1. The van der Waals surface area contributed by atoms with E-state index in [9.17, 15) is 14.0 Å². The Hall–Kier alpha value is -2.95. The molecule has 0 aliphatic heterocycles. The van der Waals surface area contributed by atoms with Gasteiger partial charge in [0.15, 0.2) is 0 Å². The summed E-state index contributed by atoms with van der Waals surface area (Å²) in [5.41, 5.74) is 2.39. The number of hydrogen-bond donors (Lipinski definition) is 1. The molecule has 1 saturated carbocycles. The molecule has 1 aliphatic rings. The third kappa shape index (κ3) is 5.76. The van der Waals surface area contributed by atoms with Crippen LogP contribution in [0, 0.1) is 11.7 Å². The molecule has 29 heavy (non-hydrogen) atoms. The van der Waals surface area contributed by atoms with Gasteiger partial charge in [0.05, 0.1) is 13.0 Å². The predicted molar refractivity (Wildman–Crippen MR) is 113 cm³/mol. The highest BCUT2D eigenvalue weighted by Crippen LogP contribution is 2.30. The summed E-state index contributed by atoms with van der Waals surface area (Å²) < 4.78 is 13.6. The van der Waals surface area contributed by atoms with Crippen LogP contribution in [0.1, 0.15) is 36.8 Å². The van der Waals surface area contributed by atoms with E-state index in [1.807, 2.05) is 30.3 Å². The van der Waals surface area contributed by atoms with Crippen LogP contribution in [0.15, 0.2) is 61.2 Å². The van der Waals surface area contributed by atoms with Gasteiger partial charge in [-0.05, 0) is 48.2 Å². The monoisotopic (exact) mass is 394 g/mol. The Labute approximate surface area is 171 Å². The van der Waals surface area contributed by atoms with Crippen molar-refractivity contribution < 1.29 is 14.0 Å². The molecule has 0 atom stereocenters. The third-order valence-electron chi connectivity index (χ3n) is 5.26. The quantitative estimate of drug-likeness (QED) is 0.675. The van der Waals surface area contributed by atoms with Crippen LogP contribution in [-0.4, -0.2) is 18.4 Å². The van der Waals surface area contributed by atoms with E-state index in [0.29, 0.717) is 13.1 Å². The van der Waals surface area contributed by atoms with Gasteiger partial charge in [-0.3, -0.25) is 9.59 Å². The zero-order chi connectivity index (χ0) is 20.6. The van der Waals surface area contributed by atoms with E-state index < -0.39 is 0 Å². The highest BCUT2D eigenvalue weighted by Gasteiger charge is 2.28. The Morgan fingerprint density at radius 1 is 1.10 bits per heavy atom. The van der Waals surface area contributed by atoms with Gasteiger partial charge in [-0.2, -0.15) is 0 Å². The summed E-state index contributed by atoms with van der Waals surface area (Å²) in [6.07, 6.45) is 5.86. The van der Waals surface area contributed by atoms with Crippen LogP contribution in [0.2, 0.25) is 0 Å². The molecule has 0 bridgehead atoms. The van der Waals surface area contributed by atoms with E-state index in [-0.39, 0.29) is 30.0 Å². The second-order valence-electron chi connectivity index (χ2n) is 7.47. The molecular weight excluding hydrogens is 367 g/mol. The summed E-state index contributed by atoms with van der Waals surface area (Å²) in [5.74, 6) is -0.274. The van der Waals surface area contributed by atoms with Gasteiger partial charge in [0, 0.05) is 18.2 Å². The van der Waals surface area contributed by atoms with Crippen molar-refractivity contribution in [2.24, 2.45) is 5.92 Å². The minimum atomic E-state index is -0.309. The number of carbonyl (C=O) groups is 2. The van der Waals surface area contributed by atoms with Crippen molar-refractivity contribution in [1.82, 2.24) is 5.32 Å². The molecule has 0 spiro atoms. The first kappa shape index (κ1) is 20.8. The van der Waals surface area contributed by atoms with Crippen molar-refractivity contribution >= 4 is 17.5 Å². The molecule has 1 N–H and O–H groups in total. The summed E-state index contributed by atoms with van der Waals surface area (Å²) in [4.78, 5) is 26.8. The Morgan fingerprint density at radius 3 is 2.48 bits per heavy atom. The van der Waals surface area contributed by atoms with Crippen molar-refractivity contribution in [3.05, 3.63) is 78.1 Å². The molecule has 0 saturated heterocycles. The number of nitrogens with one attached hydrogen (secondary N) is 1. The molecule has 1 fully saturated rings. The summed E-state index contributed by atoms with van der Waals surface area (Å²) >= 11 is 0. The van der Waals surface area contributed by atoms with Gasteiger partial charge in [-0.1, -0.05) is 43.2 Å².